The zero-order chi connectivity index (χ0) is 11.2. The molecule has 0 radical (unpaired) electrons. The minimum atomic E-state index is -1.46. The van der Waals surface area contributed by atoms with Crippen LogP contribution in [0.15, 0.2) is 12.7 Å². The summed E-state index contributed by atoms with van der Waals surface area (Å²) in [6.45, 7) is 5.64. The maximum Gasteiger partial charge on any atom is 0.278 e. The molecule has 0 aromatic rings. The van der Waals surface area contributed by atoms with E-state index < -0.39 is 11.5 Å². The molecule has 0 fully saturated rings. The van der Waals surface area contributed by atoms with Gasteiger partial charge in [-0.1, -0.05) is 6.08 Å². The first kappa shape index (κ1) is 13.1. The summed E-state index contributed by atoms with van der Waals surface area (Å²) >= 11 is 0. The first-order valence-electron chi connectivity index (χ1n) is 4.32. The summed E-state index contributed by atoms with van der Waals surface area (Å²) in [4.78, 5) is 16.2. The van der Waals surface area contributed by atoms with E-state index in [0.29, 0.717) is 6.54 Å². The summed E-state index contributed by atoms with van der Waals surface area (Å²) in [5.41, 5.74) is -1.46. The van der Waals surface area contributed by atoms with E-state index in [9.17, 15) is 9.90 Å². The van der Waals surface area contributed by atoms with E-state index in [0.717, 1.165) is 5.06 Å². The number of aliphatic hydroxyl groups is 1. The molecule has 0 spiro atoms. The molecule has 0 unspecified atom stereocenters. The summed E-state index contributed by atoms with van der Waals surface area (Å²) in [6, 6.07) is 0. The number of nitrogens with one attached hydrogen (secondary N) is 1. The number of carbonyl (C=O) groups excluding carboxylic acids is 1. The Balaban J connectivity index is 4.15. The SMILES string of the molecule is C=CCNC[C@@](C)(O)C(=O)N(C)OC. The molecule has 5 nitrogen and oxygen atoms in total. The number of nitrogens with zero attached hydrogens (tertiary/aromatic N) is 1. The molecule has 2 N–H and O–H groups in total. The number of hydrogen-bond acceptors (Lipinski definition) is 4. The molecule has 0 aliphatic heterocycles. The van der Waals surface area contributed by atoms with E-state index in [-0.39, 0.29) is 6.54 Å². The van der Waals surface area contributed by atoms with Crippen molar-refractivity contribution in [2.24, 2.45) is 0 Å². The first-order chi connectivity index (χ1) is 6.45. The highest BCUT2D eigenvalue weighted by Crippen LogP contribution is 2.06. The van der Waals surface area contributed by atoms with Gasteiger partial charge in [0.2, 0.25) is 0 Å². The lowest BCUT2D eigenvalue weighted by Gasteiger charge is -2.26. The highest BCUT2D eigenvalue weighted by molar-refractivity contribution is 5.83. The predicted octanol–water partition coefficient (Wildman–Crippen LogP) is -0.467. The Bertz CT molecular complexity index is 204. The second kappa shape index (κ2) is 5.74. The van der Waals surface area contributed by atoms with Crippen molar-refractivity contribution in [2.45, 2.75) is 12.5 Å². The van der Waals surface area contributed by atoms with Crippen LogP contribution in [0.1, 0.15) is 6.92 Å². The average molecular weight is 202 g/mol. The number of carbonyl (C=O) groups is 1. The molecule has 0 saturated heterocycles. The van der Waals surface area contributed by atoms with Gasteiger partial charge in [-0.15, -0.1) is 6.58 Å². The minimum Gasteiger partial charge on any atom is -0.379 e. The molecular weight excluding hydrogens is 184 g/mol. The molecule has 1 atom stereocenters. The maximum absolute atomic E-state index is 11.5. The molecule has 5 heteroatoms. The third kappa shape index (κ3) is 3.87. The number of hydroxylamine groups is 2. The minimum absolute atomic E-state index is 0.158. The second-order valence-electron chi connectivity index (χ2n) is 3.18. The van der Waals surface area contributed by atoms with Crippen molar-refractivity contribution < 1.29 is 14.7 Å². The fraction of sp³-hybridized carbons (Fsp3) is 0.667. The molecular formula is C9H18N2O3. The van der Waals surface area contributed by atoms with Gasteiger partial charge >= 0.3 is 0 Å². The van der Waals surface area contributed by atoms with Gasteiger partial charge in [-0.2, -0.15) is 0 Å². The standard InChI is InChI=1S/C9H18N2O3/c1-5-6-10-7-9(2,13)8(12)11(3)14-4/h5,10,13H,1,6-7H2,2-4H3/t9-/m1/s1. The summed E-state index contributed by atoms with van der Waals surface area (Å²) in [6.07, 6.45) is 1.65. The third-order valence-corrected chi connectivity index (χ3v) is 1.78. The van der Waals surface area contributed by atoms with E-state index in [1.54, 1.807) is 6.08 Å². The Morgan fingerprint density at radius 1 is 1.79 bits per heavy atom. The Kier molecular flexibility index (Phi) is 5.37. The van der Waals surface area contributed by atoms with Gasteiger partial charge in [0.25, 0.3) is 5.91 Å². The van der Waals surface area contributed by atoms with Crippen LogP contribution < -0.4 is 5.32 Å². The summed E-state index contributed by atoms with van der Waals surface area (Å²) in [5, 5.41) is 13.6. The lowest BCUT2D eigenvalue weighted by molar-refractivity contribution is -0.186. The van der Waals surface area contributed by atoms with Crippen LogP contribution in [0.2, 0.25) is 0 Å². The van der Waals surface area contributed by atoms with Crippen LogP contribution in [-0.2, 0) is 9.63 Å². The molecule has 0 aromatic carbocycles. The Morgan fingerprint density at radius 3 is 2.79 bits per heavy atom. The molecule has 0 heterocycles. The lowest BCUT2D eigenvalue weighted by Crippen LogP contribution is -2.51. The zero-order valence-corrected chi connectivity index (χ0v) is 8.91. The van der Waals surface area contributed by atoms with Crippen LogP contribution in [0.5, 0.6) is 0 Å². The van der Waals surface area contributed by atoms with E-state index in [1.165, 1.54) is 21.1 Å². The number of rotatable bonds is 6. The highest BCUT2D eigenvalue weighted by Gasteiger charge is 2.32. The lowest BCUT2D eigenvalue weighted by atomic mass is 10.1. The summed E-state index contributed by atoms with van der Waals surface area (Å²) in [7, 11) is 2.81. The van der Waals surface area contributed by atoms with Gasteiger partial charge in [-0.25, -0.2) is 5.06 Å². The van der Waals surface area contributed by atoms with Gasteiger partial charge < -0.3 is 10.4 Å². The average Bonchev–Trinajstić information content (AvgIpc) is 2.15. The molecule has 0 bridgehead atoms. The van der Waals surface area contributed by atoms with E-state index in [2.05, 4.69) is 16.7 Å². The molecule has 0 aromatic heterocycles. The van der Waals surface area contributed by atoms with Crippen LogP contribution in [-0.4, -0.2) is 48.9 Å². The fourth-order valence-corrected chi connectivity index (χ4v) is 0.915. The number of amides is 1. The van der Waals surface area contributed by atoms with Crippen molar-refractivity contribution in [3.05, 3.63) is 12.7 Å². The topological polar surface area (TPSA) is 61.8 Å². The van der Waals surface area contributed by atoms with Crippen LogP contribution in [0.3, 0.4) is 0 Å². The van der Waals surface area contributed by atoms with Gasteiger partial charge in [0.1, 0.15) is 0 Å². The fourth-order valence-electron chi connectivity index (χ4n) is 0.915. The third-order valence-electron chi connectivity index (χ3n) is 1.78. The van der Waals surface area contributed by atoms with Crippen LogP contribution in [0.4, 0.5) is 0 Å². The van der Waals surface area contributed by atoms with Gasteiger partial charge in [-0.3, -0.25) is 9.63 Å². The van der Waals surface area contributed by atoms with Crippen molar-refractivity contribution >= 4 is 5.91 Å². The summed E-state index contributed by atoms with van der Waals surface area (Å²) < 4.78 is 0. The van der Waals surface area contributed by atoms with Crippen molar-refractivity contribution in [3.8, 4) is 0 Å². The molecule has 82 valence electrons. The quantitative estimate of drug-likeness (QED) is 0.347. The predicted molar refractivity (Wildman–Crippen MR) is 53.5 cm³/mol. The van der Waals surface area contributed by atoms with Crippen molar-refractivity contribution in [1.82, 2.24) is 10.4 Å². The molecule has 0 rings (SSSR count). The van der Waals surface area contributed by atoms with Crippen LogP contribution in [0, 0.1) is 0 Å². The Morgan fingerprint density at radius 2 is 2.36 bits per heavy atom. The van der Waals surface area contributed by atoms with Gasteiger partial charge in [0.05, 0.1) is 7.11 Å². The second-order valence-corrected chi connectivity index (χ2v) is 3.18. The van der Waals surface area contributed by atoms with Crippen molar-refractivity contribution in [3.63, 3.8) is 0 Å². The smallest absolute Gasteiger partial charge is 0.278 e. The van der Waals surface area contributed by atoms with E-state index in [1.807, 2.05) is 0 Å². The largest absolute Gasteiger partial charge is 0.379 e. The summed E-state index contributed by atoms with van der Waals surface area (Å²) in [5.74, 6) is -0.489. The van der Waals surface area contributed by atoms with Crippen LogP contribution >= 0.6 is 0 Å². The Hall–Kier alpha value is -0.910. The highest BCUT2D eigenvalue weighted by atomic mass is 16.7. The molecule has 14 heavy (non-hydrogen) atoms. The number of hydrogen-bond donors (Lipinski definition) is 2. The Labute approximate surface area is 84.3 Å². The normalized spacial score (nSPS) is 14.6. The van der Waals surface area contributed by atoms with Gasteiger partial charge in [0.15, 0.2) is 5.60 Å². The van der Waals surface area contributed by atoms with Crippen molar-refractivity contribution in [2.75, 3.05) is 27.2 Å². The van der Waals surface area contributed by atoms with E-state index >= 15 is 0 Å². The van der Waals surface area contributed by atoms with Crippen LogP contribution in [0.25, 0.3) is 0 Å². The van der Waals surface area contributed by atoms with Crippen molar-refractivity contribution in [1.29, 1.82) is 0 Å². The molecule has 0 aliphatic rings. The molecule has 0 aliphatic carbocycles. The molecule has 0 saturated carbocycles. The molecule has 1 amide bonds. The van der Waals surface area contributed by atoms with E-state index in [4.69, 9.17) is 0 Å². The van der Waals surface area contributed by atoms with Gasteiger partial charge in [0, 0.05) is 20.1 Å². The zero-order valence-electron chi connectivity index (χ0n) is 8.91. The first-order valence-corrected chi connectivity index (χ1v) is 4.32. The number of likely N-dealkylation sites (N-methyl/N-ethyl adjacent to an activating group) is 1. The maximum atomic E-state index is 11.5. The monoisotopic (exact) mass is 202 g/mol. The van der Waals surface area contributed by atoms with Gasteiger partial charge in [-0.05, 0) is 6.92 Å².